The fraction of sp³-hybridized carbons (Fsp3) is 1.00. The summed E-state index contributed by atoms with van der Waals surface area (Å²) in [6, 6.07) is 0.558. The molecule has 0 heterocycles. The first-order valence-electron chi connectivity index (χ1n) is 17.3. The minimum absolute atomic E-state index is 0.0148. The van der Waals surface area contributed by atoms with E-state index in [4.69, 9.17) is 9.92 Å². The molecule has 42 heavy (non-hydrogen) atoms. The van der Waals surface area contributed by atoms with Crippen LogP contribution in [0.25, 0.3) is 0 Å². The third-order valence-electron chi connectivity index (χ3n) is 12.9. The van der Waals surface area contributed by atoms with Crippen LogP contribution in [0.15, 0.2) is 0 Å². The summed E-state index contributed by atoms with van der Waals surface area (Å²) >= 11 is 0. The Hall–Kier alpha value is -0.290. The zero-order chi connectivity index (χ0) is 30.7. The fourth-order valence-corrected chi connectivity index (χ4v) is 11.2. The molecule has 4 aliphatic carbocycles. The van der Waals surface area contributed by atoms with Crippen LogP contribution in [0, 0.1) is 52.3 Å². The molecule has 8 nitrogen and oxygen atoms in total. The van der Waals surface area contributed by atoms with Gasteiger partial charge in [-0.25, -0.2) is 4.18 Å². The molecule has 4 fully saturated rings. The zero-order valence-corrected chi connectivity index (χ0v) is 28.0. The maximum atomic E-state index is 11.8. The fourth-order valence-electron chi connectivity index (χ4n) is 10.5. The standard InChI is InChI=1S/C33H63N3O5S/c1-22(2)30(41-42(38,39)40)11-8-23(3)26-9-10-27-31-28(13-15-33(26,27)5)32(4)14-12-25(20-24(32)21-29(31)37)36-19-18-35-17-7-6-16-34/h22-31,35-37H,6-21,34H2,1-5H3,(H,38,39,40)/t23?,24?,25-,26+,27?,28?,29?,30+,31?,32-,33+/m0/s1. The molecule has 0 aromatic carbocycles. The van der Waals surface area contributed by atoms with Gasteiger partial charge in [-0.15, -0.1) is 0 Å². The summed E-state index contributed by atoms with van der Waals surface area (Å²) in [6.45, 7) is 15.1. The van der Waals surface area contributed by atoms with Crippen LogP contribution in [0.2, 0.25) is 0 Å². The monoisotopic (exact) mass is 613 g/mol. The lowest BCUT2D eigenvalue weighted by Gasteiger charge is -2.62. The first kappa shape index (κ1) is 34.6. The Bertz CT molecular complexity index is 965. The Kier molecular flexibility index (Phi) is 11.9. The predicted molar refractivity (Wildman–Crippen MR) is 169 cm³/mol. The van der Waals surface area contributed by atoms with E-state index in [1.165, 1.54) is 44.9 Å². The zero-order valence-electron chi connectivity index (χ0n) is 27.2. The first-order chi connectivity index (χ1) is 19.8. The Balaban J connectivity index is 1.34. The molecule has 11 atom stereocenters. The SMILES string of the molecule is CC(CC[C@@H](OS(=O)(=O)O)C(C)C)[C@H]1CCC2C3C(O)CC4C[C@@H](NCCNCCCCN)CC[C@]4(C)C3CC[C@@]21C. The summed E-state index contributed by atoms with van der Waals surface area (Å²) < 4.78 is 37.1. The molecule has 0 saturated heterocycles. The number of hydrogen-bond acceptors (Lipinski definition) is 7. The van der Waals surface area contributed by atoms with Crippen LogP contribution in [0.5, 0.6) is 0 Å². The summed E-state index contributed by atoms with van der Waals surface area (Å²) in [7, 11) is -4.45. The number of unbranched alkanes of at least 4 members (excludes halogenated alkanes) is 1. The van der Waals surface area contributed by atoms with Crippen molar-refractivity contribution in [3.8, 4) is 0 Å². The Morgan fingerprint density at radius 3 is 2.33 bits per heavy atom. The number of aliphatic hydroxyl groups excluding tert-OH is 1. The van der Waals surface area contributed by atoms with E-state index in [-0.39, 0.29) is 17.4 Å². The number of aliphatic hydroxyl groups is 1. The second-order valence-corrected chi connectivity index (χ2v) is 16.6. The first-order valence-corrected chi connectivity index (χ1v) is 18.6. The maximum absolute atomic E-state index is 11.8. The van der Waals surface area contributed by atoms with Crippen molar-refractivity contribution in [3.05, 3.63) is 0 Å². The van der Waals surface area contributed by atoms with Crippen molar-refractivity contribution >= 4 is 10.4 Å². The number of nitrogens with two attached hydrogens (primary N) is 1. The van der Waals surface area contributed by atoms with Crippen molar-refractivity contribution in [2.75, 3.05) is 26.2 Å². The van der Waals surface area contributed by atoms with Crippen LogP contribution < -0.4 is 16.4 Å². The summed E-state index contributed by atoms with van der Waals surface area (Å²) in [4.78, 5) is 0. The molecule has 6 N–H and O–H groups in total. The van der Waals surface area contributed by atoms with Crippen LogP contribution >= 0.6 is 0 Å². The van der Waals surface area contributed by atoms with Gasteiger partial charge in [-0.05, 0) is 142 Å². The van der Waals surface area contributed by atoms with E-state index in [1.807, 2.05) is 13.8 Å². The summed E-state index contributed by atoms with van der Waals surface area (Å²) in [5.41, 5.74) is 6.14. The van der Waals surface area contributed by atoms with E-state index in [0.29, 0.717) is 53.4 Å². The molecule has 4 aliphatic rings. The Labute approximate surface area is 257 Å². The van der Waals surface area contributed by atoms with E-state index in [1.54, 1.807) is 0 Å². The number of rotatable bonds is 15. The lowest BCUT2D eigenvalue weighted by molar-refractivity contribution is -0.167. The lowest BCUT2D eigenvalue weighted by atomic mass is 9.43. The highest BCUT2D eigenvalue weighted by Crippen LogP contribution is 2.68. The van der Waals surface area contributed by atoms with Gasteiger partial charge in [0.2, 0.25) is 0 Å². The van der Waals surface area contributed by atoms with Crippen LogP contribution in [0.1, 0.15) is 112 Å². The van der Waals surface area contributed by atoms with Crippen molar-refractivity contribution in [2.24, 2.45) is 58.0 Å². The van der Waals surface area contributed by atoms with Gasteiger partial charge >= 0.3 is 10.4 Å². The van der Waals surface area contributed by atoms with E-state index in [0.717, 1.165) is 51.9 Å². The van der Waals surface area contributed by atoms with Crippen LogP contribution in [-0.4, -0.2) is 62.5 Å². The van der Waals surface area contributed by atoms with Crippen molar-refractivity contribution in [1.82, 2.24) is 10.6 Å². The topological polar surface area (TPSA) is 134 Å². The van der Waals surface area contributed by atoms with Crippen molar-refractivity contribution in [3.63, 3.8) is 0 Å². The number of fused-ring (bicyclic) bond motifs is 5. The molecule has 0 spiro atoms. The summed E-state index contributed by atoms with van der Waals surface area (Å²) in [6.07, 6.45) is 12.5. The number of hydrogen-bond donors (Lipinski definition) is 5. The largest absolute Gasteiger partial charge is 0.397 e. The highest BCUT2D eigenvalue weighted by Gasteiger charge is 2.62. The minimum atomic E-state index is -4.45. The van der Waals surface area contributed by atoms with E-state index in [9.17, 15) is 18.1 Å². The van der Waals surface area contributed by atoms with E-state index >= 15 is 0 Å². The summed E-state index contributed by atoms with van der Waals surface area (Å²) in [5, 5.41) is 19.1. The quantitative estimate of drug-likeness (QED) is 0.126. The predicted octanol–water partition coefficient (Wildman–Crippen LogP) is 5.16. The maximum Gasteiger partial charge on any atom is 0.397 e. The van der Waals surface area contributed by atoms with Gasteiger partial charge in [0.15, 0.2) is 0 Å². The summed E-state index contributed by atoms with van der Waals surface area (Å²) in [5.74, 6) is 3.20. The number of nitrogens with one attached hydrogen (secondary N) is 2. The van der Waals surface area contributed by atoms with E-state index in [2.05, 4.69) is 31.4 Å². The van der Waals surface area contributed by atoms with Gasteiger partial charge < -0.3 is 21.5 Å². The molecular weight excluding hydrogens is 550 g/mol. The van der Waals surface area contributed by atoms with Crippen molar-refractivity contribution in [2.45, 2.75) is 130 Å². The van der Waals surface area contributed by atoms with Gasteiger partial charge in [0.25, 0.3) is 0 Å². The average molecular weight is 614 g/mol. The molecular formula is C33H63N3O5S. The molecule has 0 aliphatic heterocycles. The molecule has 0 aromatic heterocycles. The molecule has 6 unspecified atom stereocenters. The minimum Gasteiger partial charge on any atom is -0.393 e. The average Bonchev–Trinajstić information content (AvgIpc) is 3.27. The molecule has 0 radical (unpaired) electrons. The molecule has 4 saturated carbocycles. The smallest absolute Gasteiger partial charge is 0.393 e. The third-order valence-corrected chi connectivity index (χ3v) is 13.4. The molecule has 0 amide bonds. The van der Waals surface area contributed by atoms with Gasteiger partial charge in [0, 0.05) is 19.1 Å². The molecule has 4 rings (SSSR count). The van der Waals surface area contributed by atoms with Gasteiger partial charge in [0.05, 0.1) is 12.2 Å². The Morgan fingerprint density at radius 1 is 0.929 bits per heavy atom. The molecule has 246 valence electrons. The van der Waals surface area contributed by atoms with Crippen molar-refractivity contribution in [1.29, 1.82) is 0 Å². The Morgan fingerprint density at radius 2 is 1.64 bits per heavy atom. The normalized spacial score (nSPS) is 39.9. The van der Waals surface area contributed by atoms with E-state index < -0.39 is 16.5 Å². The van der Waals surface area contributed by atoms with Gasteiger partial charge in [-0.3, -0.25) is 4.55 Å². The van der Waals surface area contributed by atoms with Crippen LogP contribution in [-0.2, 0) is 14.6 Å². The lowest BCUT2D eigenvalue weighted by Crippen LogP contribution is -2.59. The van der Waals surface area contributed by atoms with Gasteiger partial charge in [-0.2, -0.15) is 8.42 Å². The highest BCUT2D eigenvalue weighted by molar-refractivity contribution is 7.80. The van der Waals surface area contributed by atoms with Crippen LogP contribution in [0.4, 0.5) is 0 Å². The molecule has 0 bridgehead atoms. The second kappa shape index (κ2) is 14.4. The molecule has 9 heteroatoms. The third kappa shape index (κ3) is 7.73. The van der Waals surface area contributed by atoms with Gasteiger partial charge in [-0.1, -0.05) is 34.6 Å². The van der Waals surface area contributed by atoms with Gasteiger partial charge in [0.1, 0.15) is 0 Å². The molecule has 0 aromatic rings. The second-order valence-electron chi connectivity index (χ2n) is 15.6. The van der Waals surface area contributed by atoms with Crippen molar-refractivity contribution < 1.29 is 22.3 Å². The van der Waals surface area contributed by atoms with Crippen LogP contribution in [0.3, 0.4) is 0 Å². The highest BCUT2D eigenvalue weighted by atomic mass is 32.3.